The number of hydrogen-bond acceptors (Lipinski definition) is 8. The van der Waals surface area contributed by atoms with E-state index in [2.05, 4.69) is 30.4 Å². The van der Waals surface area contributed by atoms with Crippen LogP contribution in [-0.2, 0) is 5.75 Å². The zero-order valence-electron chi connectivity index (χ0n) is 19.2. The van der Waals surface area contributed by atoms with Crippen molar-refractivity contribution in [2.45, 2.75) is 37.2 Å². The van der Waals surface area contributed by atoms with Crippen LogP contribution in [0.25, 0.3) is 5.78 Å². The van der Waals surface area contributed by atoms with Gasteiger partial charge in [0.25, 0.3) is 17.2 Å². The van der Waals surface area contributed by atoms with Gasteiger partial charge in [-0.15, -0.1) is 5.10 Å². The molecule has 3 aromatic heterocycles. The summed E-state index contributed by atoms with van der Waals surface area (Å²) in [7, 11) is 0. The van der Waals surface area contributed by atoms with E-state index in [4.69, 9.17) is 0 Å². The number of hydrogen-bond donors (Lipinski definition) is 3. The van der Waals surface area contributed by atoms with Gasteiger partial charge in [-0.3, -0.25) is 19.6 Å². The Bertz CT molecular complexity index is 1500. The molecule has 1 atom stereocenters. The Morgan fingerprint density at radius 1 is 1.17 bits per heavy atom. The molecule has 1 aromatic carbocycles. The number of fused-ring (bicyclic) bond motifs is 1. The highest BCUT2D eigenvalue weighted by Crippen LogP contribution is 2.23. The standard InChI is InChI=1S/C23H24N8O3S/c1-13-9-14(2)31-21(24-13)28-23(29-31)35-12-15-5-3-4-6-17(15)20(33)25-16-7-8-30(11-16)18-10-19(32)27-22(34)26-18/h3-6,9-10,16H,7-8,11-12H2,1-2H3,(H,25,33)(H2,26,27,32,34)/t16-/m1/s1. The lowest BCUT2D eigenvalue weighted by molar-refractivity contribution is 0.0939. The number of aromatic amines is 2. The number of aromatic nitrogens is 6. The Hall–Kier alpha value is -3.93. The zero-order chi connectivity index (χ0) is 24.5. The number of carbonyl (C=O) groups is 1. The van der Waals surface area contributed by atoms with Gasteiger partial charge in [0.15, 0.2) is 0 Å². The van der Waals surface area contributed by atoms with Gasteiger partial charge in [0, 0.05) is 47.9 Å². The predicted octanol–water partition coefficient (Wildman–Crippen LogP) is 1.42. The van der Waals surface area contributed by atoms with Crippen LogP contribution in [0.1, 0.15) is 33.7 Å². The molecule has 35 heavy (non-hydrogen) atoms. The summed E-state index contributed by atoms with van der Waals surface area (Å²) in [6.07, 6.45) is 0.703. The molecule has 11 nitrogen and oxygen atoms in total. The molecule has 1 aliphatic rings. The van der Waals surface area contributed by atoms with Gasteiger partial charge in [-0.2, -0.15) is 4.98 Å². The minimum absolute atomic E-state index is 0.108. The van der Waals surface area contributed by atoms with Crippen molar-refractivity contribution < 1.29 is 4.79 Å². The van der Waals surface area contributed by atoms with Crippen molar-refractivity contribution in [1.82, 2.24) is 34.9 Å². The number of H-pyrrole nitrogens is 2. The number of anilines is 1. The van der Waals surface area contributed by atoms with E-state index >= 15 is 0 Å². The quantitative estimate of drug-likeness (QED) is 0.343. The fourth-order valence-electron chi connectivity index (χ4n) is 4.21. The molecule has 0 aliphatic carbocycles. The summed E-state index contributed by atoms with van der Waals surface area (Å²) in [4.78, 5) is 51.9. The Labute approximate surface area is 204 Å². The third kappa shape index (κ3) is 4.97. The number of aryl methyl sites for hydroxylation is 2. The Morgan fingerprint density at radius 2 is 2.00 bits per heavy atom. The van der Waals surface area contributed by atoms with Crippen LogP contribution in [-0.4, -0.2) is 54.6 Å². The maximum absolute atomic E-state index is 13.1. The summed E-state index contributed by atoms with van der Waals surface area (Å²) in [6, 6.07) is 10.7. The lowest BCUT2D eigenvalue weighted by Crippen LogP contribution is -2.38. The molecule has 0 saturated carbocycles. The Kier molecular flexibility index (Phi) is 6.12. The Morgan fingerprint density at radius 3 is 2.83 bits per heavy atom. The monoisotopic (exact) mass is 492 g/mol. The molecular formula is C23H24N8O3S. The number of nitrogens with zero attached hydrogens (tertiary/aromatic N) is 5. The fraction of sp³-hybridized carbons (Fsp3) is 0.304. The molecule has 1 aliphatic heterocycles. The van der Waals surface area contributed by atoms with Crippen molar-refractivity contribution in [2.24, 2.45) is 0 Å². The summed E-state index contributed by atoms with van der Waals surface area (Å²) >= 11 is 1.45. The molecule has 3 N–H and O–H groups in total. The molecule has 4 aromatic rings. The predicted molar refractivity (Wildman–Crippen MR) is 132 cm³/mol. The summed E-state index contributed by atoms with van der Waals surface area (Å²) < 4.78 is 1.72. The van der Waals surface area contributed by atoms with Crippen molar-refractivity contribution in [3.05, 3.63) is 79.8 Å². The molecule has 180 valence electrons. The molecule has 0 spiro atoms. The first-order valence-electron chi connectivity index (χ1n) is 11.2. The highest BCUT2D eigenvalue weighted by Gasteiger charge is 2.26. The number of rotatable bonds is 6. The lowest BCUT2D eigenvalue weighted by Gasteiger charge is -2.18. The van der Waals surface area contributed by atoms with Gasteiger partial charge >= 0.3 is 5.69 Å². The first-order valence-corrected chi connectivity index (χ1v) is 12.2. The van der Waals surface area contributed by atoms with E-state index in [0.717, 1.165) is 17.0 Å². The molecule has 0 unspecified atom stereocenters. The molecule has 1 fully saturated rings. The summed E-state index contributed by atoms with van der Waals surface area (Å²) in [5.74, 6) is 1.38. The first-order chi connectivity index (χ1) is 16.9. The topological polar surface area (TPSA) is 141 Å². The van der Waals surface area contributed by atoms with Crippen molar-refractivity contribution in [1.29, 1.82) is 0 Å². The van der Waals surface area contributed by atoms with Crippen LogP contribution in [0, 0.1) is 13.8 Å². The van der Waals surface area contributed by atoms with Crippen LogP contribution < -0.4 is 21.5 Å². The average Bonchev–Trinajstić information content (AvgIpc) is 3.44. The summed E-state index contributed by atoms with van der Waals surface area (Å²) in [5, 5.41) is 8.21. The molecule has 4 heterocycles. The van der Waals surface area contributed by atoms with E-state index in [1.807, 2.05) is 43.0 Å². The average molecular weight is 493 g/mol. The minimum Gasteiger partial charge on any atom is -0.356 e. The van der Waals surface area contributed by atoms with Crippen LogP contribution >= 0.6 is 11.8 Å². The molecule has 1 amide bonds. The number of amides is 1. The van der Waals surface area contributed by atoms with Crippen LogP contribution in [0.5, 0.6) is 0 Å². The number of benzene rings is 1. The van der Waals surface area contributed by atoms with Gasteiger partial charge < -0.3 is 10.2 Å². The maximum Gasteiger partial charge on any atom is 0.327 e. The molecule has 0 radical (unpaired) electrons. The van der Waals surface area contributed by atoms with Gasteiger partial charge in [-0.05, 0) is 38.0 Å². The smallest absolute Gasteiger partial charge is 0.327 e. The molecule has 12 heteroatoms. The molecule has 1 saturated heterocycles. The van der Waals surface area contributed by atoms with Crippen LogP contribution in [0.15, 0.2) is 51.1 Å². The first kappa shape index (κ1) is 22.8. The second kappa shape index (κ2) is 9.37. The highest BCUT2D eigenvalue weighted by molar-refractivity contribution is 7.98. The fourth-order valence-corrected chi connectivity index (χ4v) is 5.03. The second-order valence-electron chi connectivity index (χ2n) is 8.47. The van der Waals surface area contributed by atoms with Crippen LogP contribution in [0.3, 0.4) is 0 Å². The van der Waals surface area contributed by atoms with E-state index in [0.29, 0.717) is 47.6 Å². The SMILES string of the molecule is Cc1cc(C)n2nc(SCc3ccccc3C(=O)N[C@@H]3CCN(c4cc(=O)[nH]c(=O)[nH]4)C3)nc2n1. The second-order valence-corrected chi connectivity index (χ2v) is 9.41. The van der Waals surface area contributed by atoms with Gasteiger partial charge in [0.1, 0.15) is 5.82 Å². The van der Waals surface area contributed by atoms with Gasteiger partial charge in [-0.25, -0.2) is 14.3 Å². The van der Waals surface area contributed by atoms with E-state index in [1.54, 1.807) is 10.6 Å². The van der Waals surface area contributed by atoms with Crippen molar-refractivity contribution in [3.8, 4) is 0 Å². The van der Waals surface area contributed by atoms with Gasteiger partial charge in [-0.1, -0.05) is 30.0 Å². The van der Waals surface area contributed by atoms with Crippen molar-refractivity contribution >= 4 is 29.3 Å². The van der Waals surface area contributed by atoms with E-state index in [-0.39, 0.29) is 11.9 Å². The van der Waals surface area contributed by atoms with E-state index < -0.39 is 11.2 Å². The third-order valence-electron chi connectivity index (χ3n) is 5.83. The van der Waals surface area contributed by atoms with Crippen molar-refractivity contribution in [2.75, 3.05) is 18.0 Å². The zero-order valence-corrected chi connectivity index (χ0v) is 20.1. The molecule has 5 rings (SSSR count). The number of nitrogens with one attached hydrogen (secondary N) is 3. The van der Waals surface area contributed by atoms with Crippen LogP contribution in [0.4, 0.5) is 5.82 Å². The number of carbonyl (C=O) groups excluding carboxylic acids is 1. The van der Waals surface area contributed by atoms with Gasteiger partial charge in [0.05, 0.1) is 0 Å². The third-order valence-corrected chi connectivity index (χ3v) is 6.71. The maximum atomic E-state index is 13.1. The van der Waals surface area contributed by atoms with E-state index in [1.165, 1.54) is 17.8 Å². The largest absolute Gasteiger partial charge is 0.356 e. The summed E-state index contributed by atoms with van der Waals surface area (Å²) in [6.45, 7) is 5.00. The minimum atomic E-state index is -0.549. The van der Waals surface area contributed by atoms with Gasteiger partial charge in [0.2, 0.25) is 5.16 Å². The Balaban J connectivity index is 1.26. The molecule has 0 bridgehead atoms. The van der Waals surface area contributed by atoms with E-state index in [9.17, 15) is 14.4 Å². The lowest BCUT2D eigenvalue weighted by atomic mass is 10.1. The molecular weight excluding hydrogens is 468 g/mol. The van der Waals surface area contributed by atoms with Crippen LogP contribution in [0.2, 0.25) is 0 Å². The summed E-state index contributed by atoms with van der Waals surface area (Å²) in [5.41, 5.74) is 2.31. The highest BCUT2D eigenvalue weighted by atomic mass is 32.2. The van der Waals surface area contributed by atoms with Crippen molar-refractivity contribution in [3.63, 3.8) is 0 Å². The number of thioether (sulfide) groups is 1. The normalized spacial score (nSPS) is 15.6.